The van der Waals surface area contributed by atoms with E-state index in [4.69, 9.17) is 69.0 Å². The van der Waals surface area contributed by atoms with Crippen LogP contribution in [-0.2, 0) is 42.8 Å². The van der Waals surface area contributed by atoms with Gasteiger partial charge >= 0.3 is 18.3 Å². The summed E-state index contributed by atoms with van der Waals surface area (Å²) in [6.45, 7) is 4.75. The summed E-state index contributed by atoms with van der Waals surface area (Å²) in [6.07, 6.45) is -2.76. The minimum absolute atomic E-state index is 0. The summed E-state index contributed by atoms with van der Waals surface area (Å²) in [4.78, 5) is 131. The van der Waals surface area contributed by atoms with Crippen LogP contribution in [-0.4, -0.2) is 181 Å². The number of carbonyl (C=O) groups is 10. The number of morpholine rings is 3. The van der Waals surface area contributed by atoms with Gasteiger partial charge in [0, 0.05) is 97.5 Å². The number of ether oxygens (including phenoxy) is 6. The van der Waals surface area contributed by atoms with Crippen LogP contribution >= 0.6 is 119 Å². The summed E-state index contributed by atoms with van der Waals surface area (Å²) >= 11 is 23.1. The number of thiophene rings is 2. The molecule has 492 valence electrons. The van der Waals surface area contributed by atoms with Crippen LogP contribution in [0.5, 0.6) is 0 Å². The van der Waals surface area contributed by atoms with Crippen molar-refractivity contribution in [2.24, 2.45) is 5.73 Å². The van der Waals surface area contributed by atoms with Gasteiger partial charge in [-0.05, 0) is 121 Å². The van der Waals surface area contributed by atoms with Crippen molar-refractivity contribution >= 4 is 212 Å². The second-order valence-electron chi connectivity index (χ2n) is 20.4. The lowest BCUT2D eigenvalue weighted by Gasteiger charge is -2.27. The SMILES string of the molecule is I.II.NC[C@H]1CN(c2ccc(N3CCOCC3=O)cc2)C(=O)O1.O=C(Cl)c1ccc(Cl)s1.O=C(NC[C@H]1CN(c2ccc(N3CCOCC3=O)cc2)C(=O)O1)c1ccc(Cl)s1.O=C1c2ccccc2C(=O)N1C[C@H]1CN(c2ccc(N3CCOCC3=O)cc2)C(=O)O1. The number of nitrogens with one attached hydrogen (secondary N) is 1. The molecule has 13 rings (SSSR count). The fourth-order valence-corrected chi connectivity index (χ4v) is 12.1. The largest absolute Gasteiger partial charge is 0.443 e. The number of hydrogen-bond acceptors (Lipinski definition) is 19. The molecular formula is C60H57Cl3I3N9O16S2. The quantitative estimate of drug-likeness (QED) is 0.0471. The molecule has 6 fully saturated rings. The molecule has 3 atom stereocenters. The molecule has 0 aliphatic carbocycles. The molecule has 0 unspecified atom stereocenters. The first-order valence-corrected chi connectivity index (χ1v) is 37.2. The molecule has 0 spiro atoms. The highest BCUT2D eigenvalue weighted by Crippen LogP contribution is 2.31. The van der Waals surface area contributed by atoms with Gasteiger partial charge in [0.05, 0.1) is 82.1 Å². The van der Waals surface area contributed by atoms with Crippen molar-refractivity contribution in [3.63, 3.8) is 0 Å². The Morgan fingerprint density at radius 1 is 0.495 bits per heavy atom. The molecule has 3 N–H and O–H groups in total. The maximum Gasteiger partial charge on any atom is 0.414 e. The van der Waals surface area contributed by atoms with Gasteiger partial charge in [-0.25, -0.2) is 14.4 Å². The van der Waals surface area contributed by atoms with Crippen molar-refractivity contribution in [2.75, 3.05) is 128 Å². The summed E-state index contributed by atoms with van der Waals surface area (Å²) in [5, 5.41) is 2.30. The number of nitrogens with zero attached hydrogens (tertiary/aromatic N) is 7. The number of anilines is 6. The van der Waals surface area contributed by atoms with E-state index in [9.17, 15) is 47.9 Å². The molecule has 0 saturated carbocycles. The van der Waals surface area contributed by atoms with E-state index >= 15 is 0 Å². The number of amides is 9. The molecule has 4 aromatic carbocycles. The van der Waals surface area contributed by atoms with E-state index in [0.717, 1.165) is 27.6 Å². The van der Waals surface area contributed by atoms with Crippen LogP contribution < -0.4 is 40.4 Å². The second kappa shape index (κ2) is 34.4. The van der Waals surface area contributed by atoms with Gasteiger partial charge in [0.2, 0.25) is 0 Å². The van der Waals surface area contributed by atoms with Gasteiger partial charge in [-0.3, -0.25) is 53.2 Å². The Kier molecular flexibility index (Phi) is 26.8. The average molecular weight is 1710 g/mol. The van der Waals surface area contributed by atoms with Gasteiger partial charge in [0.15, 0.2) is 0 Å². The van der Waals surface area contributed by atoms with Crippen LogP contribution in [0.25, 0.3) is 0 Å². The minimum atomic E-state index is -0.629. The Morgan fingerprint density at radius 3 is 1.17 bits per heavy atom. The van der Waals surface area contributed by atoms with Crippen molar-refractivity contribution in [3.8, 4) is 0 Å². The zero-order valence-electron chi connectivity index (χ0n) is 48.7. The third kappa shape index (κ3) is 18.4. The summed E-state index contributed by atoms with van der Waals surface area (Å²) in [6, 6.07) is 34.6. The predicted octanol–water partition coefficient (Wildman–Crippen LogP) is 9.69. The Labute approximate surface area is 595 Å². The van der Waals surface area contributed by atoms with Crippen molar-refractivity contribution in [1.29, 1.82) is 0 Å². The number of carbonyl (C=O) groups excluding carboxylic acids is 10. The summed E-state index contributed by atoms with van der Waals surface area (Å²) in [7, 11) is 0. The van der Waals surface area contributed by atoms with E-state index in [2.05, 4.69) is 42.5 Å². The highest BCUT2D eigenvalue weighted by Gasteiger charge is 2.41. The fraction of sp³-hybridized carbons (Fsp3) is 0.300. The van der Waals surface area contributed by atoms with Crippen molar-refractivity contribution in [2.45, 2.75) is 18.3 Å². The van der Waals surface area contributed by atoms with Gasteiger partial charge in [0.1, 0.15) is 38.1 Å². The Bertz CT molecular complexity index is 3670. The topological polar surface area (TPSA) is 287 Å². The number of benzene rings is 4. The number of cyclic esters (lactones) is 3. The minimum Gasteiger partial charge on any atom is -0.443 e. The molecule has 7 aliphatic rings. The Balaban J connectivity index is 0.000000167. The smallest absolute Gasteiger partial charge is 0.414 e. The van der Waals surface area contributed by atoms with Crippen molar-refractivity contribution in [3.05, 3.63) is 151 Å². The van der Waals surface area contributed by atoms with Gasteiger partial charge in [-0.1, -0.05) is 35.3 Å². The molecule has 25 nitrogen and oxygen atoms in total. The molecule has 7 aliphatic heterocycles. The third-order valence-electron chi connectivity index (χ3n) is 14.6. The van der Waals surface area contributed by atoms with E-state index < -0.39 is 29.6 Å². The summed E-state index contributed by atoms with van der Waals surface area (Å²) in [5.74, 6) is -1.27. The molecule has 6 saturated heterocycles. The normalized spacial score (nSPS) is 19.2. The van der Waals surface area contributed by atoms with Crippen molar-refractivity contribution in [1.82, 2.24) is 10.2 Å². The molecule has 93 heavy (non-hydrogen) atoms. The Hall–Kier alpha value is -6.32. The second-order valence-corrected chi connectivity index (χ2v) is 24.2. The zero-order chi connectivity index (χ0) is 65.6. The first-order chi connectivity index (χ1) is 44.4. The van der Waals surface area contributed by atoms with E-state index in [1.54, 1.807) is 129 Å². The highest BCUT2D eigenvalue weighted by atomic mass is 128. The van der Waals surface area contributed by atoms with Crippen LogP contribution in [0.4, 0.5) is 48.5 Å². The summed E-state index contributed by atoms with van der Waals surface area (Å²) < 4.78 is 32.4. The number of imide groups is 1. The third-order valence-corrected chi connectivity index (χ3v) is 17.4. The lowest BCUT2D eigenvalue weighted by Crippen LogP contribution is -2.41. The molecule has 0 radical (unpaired) electrons. The van der Waals surface area contributed by atoms with Crippen LogP contribution in [0.15, 0.2) is 121 Å². The molecule has 9 amide bonds. The van der Waals surface area contributed by atoms with Gasteiger partial charge in [-0.2, -0.15) is 0 Å². The Morgan fingerprint density at radius 2 is 0.839 bits per heavy atom. The molecular weight excluding hydrogens is 1650 g/mol. The van der Waals surface area contributed by atoms with Gasteiger partial charge < -0.3 is 54.2 Å². The monoisotopic (exact) mass is 1710 g/mol. The fourth-order valence-electron chi connectivity index (χ4n) is 10.1. The van der Waals surface area contributed by atoms with Crippen LogP contribution in [0.2, 0.25) is 8.67 Å². The van der Waals surface area contributed by atoms with E-state index in [0.29, 0.717) is 100 Å². The average Bonchev–Trinajstić information content (AvgIpc) is 1.79. The first kappa shape index (κ1) is 72.5. The molecule has 0 bridgehead atoms. The standard InChI is InChI=1S/C22H19N3O6.C19H18ClN3O5S.C14H17N3O4.C5H2Cl2OS.I2.HI/c26-19-13-30-10-9-23(19)14-5-7-15(8-6-14)24-11-16(31-22(24)29)12-25-20(27)17-3-1-2-4-18(17)21(25)28;20-16-6-5-15(29-16)18(25)21-9-14-10-23(19(26)28-14)13-3-1-12(2-4-13)22-7-8-27-11-17(22)24;15-7-12-8-17(14(19)21-12)11-3-1-10(2-4-11)16-5-6-20-9-13(16)18;6-4-2-1-3(9-4)5(7)8;1-2;/h1-8,16H,9-13H2;1-6,14H,7-11H2,(H,21,25);1-4,12H,5-9,15H2;1-2H;;1H/t16-;14-;12-;;;/m100.../s1. The van der Waals surface area contributed by atoms with E-state index in [1.165, 1.54) is 32.5 Å². The first-order valence-electron chi connectivity index (χ1n) is 28.1. The molecule has 33 heteroatoms. The molecule has 9 heterocycles. The predicted molar refractivity (Wildman–Crippen MR) is 377 cm³/mol. The van der Waals surface area contributed by atoms with E-state index in [-0.39, 0.29) is 111 Å². The molecule has 6 aromatic rings. The lowest BCUT2D eigenvalue weighted by molar-refractivity contribution is -0.126. The van der Waals surface area contributed by atoms with E-state index in [1.807, 2.05) is 12.1 Å². The van der Waals surface area contributed by atoms with Gasteiger partial charge in [-0.15, -0.1) is 46.7 Å². The van der Waals surface area contributed by atoms with Crippen LogP contribution in [0.1, 0.15) is 40.1 Å². The number of halogens is 6. The number of nitrogens with two attached hydrogens (primary N) is 1. The number of fused-ring (bicyclic) bond motifs is 1. The highest BCUT2D eigenvalue weighted by molar-refractivity contribution is 15.0. The number of rotatable bonds is 13. The van der Waals surface area contributed by atoms with Crippen molar-refractivity contribution < 1.29 is 76.4 Å². The number of hydrogen-bond donors (Lipinski definition) is 2. The summed E-state index contributed by atoms with van der Waals surface area (Å²) in [5.41, 5.74) is 10.5. The van der Waals surface area contributed by atoms with Crippen LogP contribution in [0, 0.1) is 0 Å². The maximum atomic E-state index is 12.6. The van der Waals surface area contributed by atoms with Gasteiger partial charge in [0.25, 0.3) is 40.7 Å². The van der Waals surface area contributed by atoms with Crippen LogP contribution in [0.3, 0.4) is 0 Å². The maximum absolute atomic E-state index is 12.6. The lowest BCUT2D eigenvalue weighted by atomic mass is 10.1. The molecule has 2 aromatic heterocycles. The zero-order valence-corrected chi connectivity index (χ0v) is 59.3.